The maximum absolute atomic E-state index is 5.82. The maximum Gasteiger partial charge on any atom is 0.130 e. The summed E-state index contributed by atoms with van der Waals surface area (Å²) >= 11 is 0. The van der Waals surface area contributed by atoms with Crippen LogP contribution in [0.1, 0.15) is 11.7 Å². The van der Waals surface area contributed by atoms with E-state index < -0.39 is 0 Å². The molecule has 0 bridgehead atoms. The van der Waals surface area contributed by atoms with Crippen LogP contribution in [-0.2, 0) is 0 Å². The lowest BCUT2D eigenvalue weighted by Gasteiger charge is -2.27. The van der Waals surface area contributed by atoms with Crippen LogP contribution in [0.3, 0.4) is 0 Å². The van der Waals surface area contributed by atoms with Gasteiger partial charge < -0.3 is 10.2 Å². The zero-order chi connectivity index (χ0) is 14.9. The molecule has 3 aromatic carbocycles. The van der Waals surface area contributed by atoms with E-state index in [0.717, 1.165) is 11.2 Å². The number of hydrogen-bond donors (Lipinski definition) is 1. The minimum absolute atomic E-state index is 0.0698. The van der Waals surface area contributed by atoms with Gasteiger partial charge in [0.1, 0.15) is 14.0 Å². The van der Waals surface area contributed by atoms with E-state index in [1.54, 1.807) is 0 Å². The molecule has 1 N–H and O–H groups in total. The van der Waals surface area contributed by atoms with E-state index in [0.29, 0.717) is 0 Å². The van der Waals surface area contributed by atoms with Gasteiger partial charge in [0.2, 0.25) is 0 Å². The van der Waals surface area contributed by atoms with Gasteiger partial charge in [-0.25, -0.2) is 0 Å². The molecule has 0 fully saturated rings. The molecular weight excluding hydrogens is 267 g/mol. The number of benzene rings is 3. The summed E-state index contributed by atoms with van der Waals surface area (Å²) < 4.78 is 0. The van der Waals surface area contributed by atoms with Gasteiger partial charge in [-0.3, -0.25) is 0 Å². The number of rotatable bonds is 2. The van der Waals surface area contributed by atoms with Gasteiger partial charge in [-0.05, 0) is 29.8 Å². The molecule has 0 aromatic heterocycles. The van der Waals surface area contributed by atoms with Crippen molar-refractivity contribution >= 4 is 30.4 Å². The Kier molecular flexibility index (Phi) is 3.12. The zero-order valence-electron chi connectivity index (χ0n) is 12.1. The number of fused-ring (bicyclic) bond motifs is 1. The lowest BCUT2D eigenvalue weighted by molar-refractivity contribution is 0.829. The highest BCUT2D eigenvalue weighted by atomic mass is 15.3. The molecule has 0 aliphatic carbocycles. The quantitative estimate of drug-likeness (QED) is 0.720. The molecule has 4 rings (SSSR count). The molecule has 0 amide bonds. The predicted octanol–water partition coefficient (Wildman–Crippen LogP) is 3.74. The molecule has 3 aromatic rings. The molecule has 0 saturated heterocycles. The largest absolute Gasteiger partial charge is 0.359 e. The van der Waals surface area contributed by atoms with Crippen LogP contribution in [0.4, 0.5) is 17.1 Å². The zero-order valence-corrected chi connectivity index (χ0v) is 12.1. The van der Waals surface area contributed by atoms with E-state index in [1.807, 2.05) is 18.2 Å². The first-order valence-corrected chi connectivity index (χ1v) is 7.38. The van der Waals surface area contributed by atoms with Gasteiger partial charge in [-0.2, -0.15) is 0 Å². The summed E-state index contributed by atoms with van der Waals surface area (Å²) in [5.41, 5.74) is 5.48. The summed E-state index contributed by atoms with van der Waals surface area (Å²) in [6.45, 7) is 0. The van der Waals surface area contributed by atoms with Crippen molar-refractivity contribution in [2.45, 2.75) is 6.17 Å². The lowest BCUT2D eigenvalue weighted by atomic mass is 9.95. The summed E-state index contributed by atoms with van der Waals surface area (Å²) in [4.78, 5) is 2.32. The number of hydrogen-bond acceptors (Lipinski definition) is 2. The van der Waals surface area contributed by atoms with Gasteiger partial charge in [0.15, 0.2) is 0 Å². The third kappa shape index (κ3) is 2.15. The van der Waals surface area contributed by atoms with E-state index in [4.69, 9.17) is 7.85 Å². The molecule has 22 heavy (non-hydrogen) atoms. The fourth-order valence-electron chi connectivity index (χ4n) is 2.94. The van der Waals surface area contributed by atoms with Crippen LogP contribution in [0, 0.1) is 0 Å². The number of anilines is 3. The standard InChI is InChI=1S/C19H15BN2/c20-15-12-10-14(11-13-15)19-21-17-8-4-5-9-18(17)22(19)16-6-2-1-3-7-16/h1-13,19,21H. The van der Waals surface area contributed by atoms with Crippen molar-refractivity contribution in [3.63, 3.8) is 0 Å². The SMILES string of the molecule is [B]c1ccc(C2Nc3ccccc3N2c2ccccc2)cc1. The number of nitrogens with zero attached hydrogens (tertiary/aromatic N) is 1. The van der Waals surface area contributed by atoms with E-state index in [9.17, 15) is 0 Å². The molecule has 1 aliphatic heterocycles. The third-order valence-corrected chi connectivity index (χ3v) is 4.00. The Labute approximate surface area is 131 Å². The van der Waals surface area contributed by atoms with Crippen LogP contribution < -0.4 is 15.7 Å². The predicted molar refractivity (Wildman–Crippen MR) is 93.2 cm³/mol. The van der Waals surface area contributed by atoms with Crippen molar-refractivity contribution in [2.75, 3.05) is 10.2 Å². The van der Waals surface area contributed by atoms with Gasteiger partial charge in [0.25, 0.3) is 0 Å². The first-order chi connectivity index (χ1) is 10.8. The molecule has 3 heteroatoms. The second-order valence-corrected chi connectivity index (χ2v) is 5.44. The summed E-state index contributed by atoms with van der Waals surface area (Å²) in [5.74, 6) is 0. The molecule has 2 radical (unpaired) electrons. The topological polar surface area (TPSA) is 15.3 Å². The maximum atomic E-state index is 5.82. The Bertz CT molecular complexity index is 784. The number of nitrogens with one attached hydrogen (secondary N) is 1. The summed E-state index contributed by atoms with van der Waals surface area (Å²) in [5, 5.41) is 3.60. The Hall–Kier alpha value is -2.68. The van der Waals surface area contributed by atoms with Crippen LogP contribution >= 0.6 is 0 Å². The normalized spacial score (nSPS) is 16.2. The highest BCUT2D eigenvalue weighted by Crippen LogP contribution is 2.45. The van der Waals surface area contributed by atoms with E-state index >= 15 is 0 Å². The fraction of sp³-hybridized carbons (Fsp3) is 0.0526. The highest BCUT2D eigenvalue weighted by molar-refractivity contribution is 6.32. The van der Waals surface area contributed by atoms with Gasteiger partial charge in [0, 0.05) is 5.69 Å². The highest BCUT2D eigenvalue weighted by Gasteiger charge is 2.30. The van der Waals surface area contributed by atoms with Crippen LogP contribution in [0.15, 0.2) is 78.9 Å². The van der Waals surface area contributed by atoms with Crippen molar-refractivity contribution in [2.24, 2.45) is 0 Å². The fourth-order valence-corrected chi connectivity index (χ4v) is 2.94. The van der Waals surface area contributed by atoms with Crippen molar-refractivity contribution in [1.82, 2.24) is 0 Å². The van der Waals surface area contributed by atoms with Crippen LogP contribution in [0.5, 0.6) is 0 Å². The minimum Gasteiger partial charge on any atom is -0.359 e. The minimum atomic E-state index is 0.0698. The van der Waals surface area contributed by atoms with Crippen LogP contribution in [0.2, 0.25) is 0 Å². The van der Waals surface area contributed by atoms with Crippen molar-refractivity contribution in [1.29, 1.82) is 0 Å². The van der Waals surface area contributed by atoms with Gasteiger partial charge >= 0.3 is 0 Å². The van der Waals surface area contributed by atoms with Crippen LogP contribution in [0.25, 0.3) is 0 Å². The Morgan fingerprint density at radius 3 is 2.23 bits per heavy atom. The Morgan fingerprint density at radius 2 is 1.45 bits per heavy atom. The number of para-hydroxylation sites is 3. The molecule has 0 spiro atoms. The van der Waals surface area contributed by atoms with Gasteiger partial charge in [-0.15, -0.1) is 0 Å². The second-order valence-electron chi connectivity index (χ2n) is 5.44. The first kappa shape index (κ1) is 13.0. The molecule has 0 saturated carbocycles. The third-order valence-electron chi connectivity index (χ3n) is 4.00. The monoisotopic (exact) mass is 282 g/mol. The Balaban J connectivity index is 1.83. The van der Waals surface area contributed by atoms with Crippen LogP contribution in [-0.4, -0.2) is 7.85 Å². The smallest absolute Gasteiger partial charge is 0.130 e. The average molecular weight is 282 g/mol. The van der Waals surface area contributed by atoms with Crippen molar-refractivity contribution in [3.05, 3.63) is 84.4 Å². The first-order valence-electron chi connectivity index (χ1n) is 7.38. The molecule has 1 aliphatic rings. The van der Waals surface area contributed by atoms with Crippen molar-refractivity contribution < 1.29 is 0 Å². The molecule has 1 heterocycles. The van der Waals surface area contributed by atoms with E-state index in [-0.39, 0.29) is 6.17 Å². The molecular formula is C19H15BN2. The summed E-state index contributed by atoms with van der Waals surface area (Å²) in [7, 11) is 5.82. The van der Waals surface area contributed by atoms with Gasteiger partial charge in [-0.1, -0.05) is 60.1 Å². The summed E-state index contributed by atoms with van der Waals surface area (Å²) in [6.07, 6.45) is 0.0698. The molecule has 1 unspecified atom stereocenters. The molecule has 2 nitrogen and oxygen atoms in total. The van der Waals surface area contributed by atoms with Gasteiger partial charge in [0.05, 0.1) is 11.4 Å². The van der Waals surface area contributed by atoms with E-state index in [1.165, 1.54) is 16.9 Å². The Morgan fingerprint density at radius 1 is 0.773 bits per heavy atom. The molecule has 1 atom stereocenters. The van der Waals surface area contributed by atoms with E-state index in [2.05, 4.69) is 70.9 Å². The molecule has 104 valence electrons. The summed E-state index contributed by atoms with van der Waals surface area (Å²) in [6, 6.07) is 26.9. The van der Waals surface area contributed by atoms with Crippen molar-refractivity contribution in [3.8, 4) is 0 Å². The second kappa shape index (κ2) is 5.26. The average Bonchev–Trinajstić information content (AvgIpc) is 2.96. The lowest BCUT2D eigenvalue weighted by Crippen LogP contribution is -2.23.